The van der Waals surface area contributed by atoms with E-state index in [4.69, 9.17) is 10.5 Å². The molecule has 1 saturated heterocycles. The van der Waals surface area contributed by atoms with Crippen LogP contribution >= 0.6 is 0 Å². The first-order valence-electron chi connectivity index (χ1n) is 5.97. The molecule has 0 bridgehead atoms. The molecule has 0 aliphatic carbocycles. The third-order valence-corrected chi connectivity index (χ3v) is 2.83. The van der Waals surface area contributed by atoms with Crippen LogP contribution in [0.15, 0.2) is 12.4 Å². The zero-order valence-electron chi connectivity index (χ0n) is 9.56. The highest BCUT2D eigenvalue weighted by Crippen LogP contribution is 2.11. The van der Waals surface area contributed by atoms with E-state index in [1.165, 1.54) is 19.3 Å². The van der Waals surface area contributed by atoms with Gasteiger partial charge in [0, 0.05) is 12.6 Å². The van der Waals surface area contributed by atoms with Gasteiger partial charge >= 0.3 is 0 Å². The van der Waals surface area contributed by atoms with Crippen molar-refractivity contribution in [3.8, 4) is 5.75 Å². The van der Waals surface area contributed by atoms with Crippen molar-refractivity contribution in [1.82, 2.24) is 15.1 Å². The molecular weight excluding hydrogens is 204 g/mol. The monoisotopic (exact) mass is 224 g/mol. The molecule has 0 amide bonds. The van der Waals surface area contributed by atoms with Gasteiger partial charge in [-0.15, -0.1) is 0 Å². The lowest BCUT2D eigenvalue weighted by molar-refractivity contribution is 0.239. The van der Waals surface area contributed by atoms with Gasteiger partial charge in [0.1, 0.15) is 6.61 Å². The Bertz CT molecular complexity index is 307. The number of rotatable bonds is 5. The van der Waals surface area contributed by atoms with Crippen LogP contribution in [0.4, 0.5) is 0 Å². The minimum Gasteiger partial charge on any atom is -0.489 e. The first kappa shape index (κ1) is 11.4. The quantitative estimate of drug-likeness (QED) is 0.758. The second kappa shape index (κ2) is 5.86. The molecule has 1 atom stereocenters. The van der Waals surface area contributed by atoms with Crippen molar-refractivity contribution in [1.29, 1.82) is 0 Å². The predicted molar refractivity (Wildman–Crippen MR) is 62.4 cm³/mol. The Hall–Kier alpha value is -1.07. The van der Waals surface area contributed by atoms with Gasteiger partial charge in [0.15, 0.2) is 5.75 Å². The minimum atomic E-state index is 0.492. The summed E-state index contributed by atoms with van der Waals surface area (Å²) in [4.78, 5) is 0. The lowest BCUT2D eigenvalue weighted by Gasteiger charge is -2.22. The molecule has 0 aromatic carbocycles. The summed E-state index contributed by atoms with van der Waals surface area (Å²) in [6.45, 7) is 3.19. The van der Waals surface area contributed by atoms with Gasteiger partial charge in [-0.05, 0) is 19.4 Å². The number of hydrogen-bond donors (Lipinski definition) is 2. The van der Waals surface area contributed by atoms with Gasteiger partial charge in [0.25, 0.3) is 0 Å². The fraction of sp³-hybridized carbons (Fsp3) is 0.727. The van der Waals surface area contributed by atoms with Crippen LogP contribution in [0.3, 0.4) is 0 Å². The van der Waals surface area contributed by atoms with Crippen LogP contribution in [0.1, 0.15) is 19.3 Å². The third kappa shape index (κ3) is 3.21. The SMILES string of the molecule is NCCn1cc(OCC2CCCCN2)cn1. The van der Waals surface area contributed by atoms with Crippen molar-refractivity contribution in [2.75, 3.05) is 19.7 Å². The molecule has 0 saturated carbocycles. The number of aromatic nitrogens is 2. The van der Waals surface area contributed by atoms with E-state index in [1.807, 2.05) is 10.9 Å². The Morgan fingerprint density at radius 2 is 2.50 bits per heavy atom. The molecule has 0 radical (unpaired) electrons. The number of piperidine rings is 1. The number of nitrogens with zero attached hydrogens (tertiary/aromatic N) is 2. The Labute approximate surface area is 96.0 Å². The second-order valence-corrected chi connectivity index (χ2v) is 4.19. The topological polar surface area (TPSA) is 65.1 Å². The zero-order valence-corrected chi connectivity index (χ0v) is 9.56. The zero-order chi connectivity index (χ0) is 11.2. The van der Waals surface area contributed by atoms with Crippen LogP contribution < -0.4 is 15.8 Å². The smallest absolute Gasteiger partial charge is 0.157 e. The largest absolute Gasteiger partial charge is 0.489 e. The van der Waals surface area contributed by atoms with Gasteiger partial charge in [-0.3, -0.25) is 4.68 Å². The molecule has 2 heterocycles. The lowest BCUT2D eigenvalue weighted by Crippen LogP contribution is -2.38. The molecule has 1 fully saturated rings. The molecule has 1 aliphatic heterocycles. The van der Waals surface area contributed by atoms with Crippen LogP contribution in [-0.4, -0.2) is 35.5 Å². The summed E-state index contributed by atoms with van der Waals surface area (Å²) in [7, 11) is 0. The van der Waals surface area contributed by atoms with Crippen molar-refractivity contribution in [3.05, 3.63) is 12.4 Å². The van der Waals surface area contributed by atoms with E-state index in [1.54, 1.807) is 6.20 Å². The van der Waals surface area contributed by atoms with E-state index in [0.29, 0.717) is 12.6 Å². The highest BCUT2D eigenvalue weighted by Gasteiger charge is 2.13. The molecule has 1 aromatic heterocycles. The van der Waals surface area contributed by atoms with Crippen molar-refractivity contribution < 1.29 is 4.74 Å². The van der Waals surface area contributed by atoms with E-state index < -0.39 is 0 Å². The van der Waals surface area contributed by atoms with E-state index in [9.17, 15) is 0 Å². The molecule has 0 spiro atoms. The molecule has 5 heteroatoms. The fourth-order valence-corrected chi connectivity index (χ4v) is 1.94. The first-order valence-corrected chi connectivity index (χ1v) is 5.97. The van der Waals surface area contributed by atoms with Crippen LogP contribution in [-0.2, 0) is 6.54 Å². The normalized spacial score (nSPS) is 20.9. The average molecular weight is 224 g/mol. The number of nitrogens with two attached hydrogens (primary N) is 1. The molecule has 2 rings (SSSR count). The molecule has 1 aromatic rings. The van der Waals surface area contributed by atoms with Gasteiger partial charge in [0.05, 0.1) is 18.9 Å². The Morgan fingerprint density at radius 3 is 3.25 bits per heavy atom. The standard InChI is InChI=1S/C11H20N4O/c12-4-6-15-8-11(7-14-15)16-9-10-3-1-2-5-13-10/h7-8,10,13H,1-6,9,12H2. The van der Waals surface area contributed by atoms with E-state index in [-0.39, 0.29) is 0 Å². The number of nitrogens with one attached hydrogen (secondary N) is 1. The van der Waals surface area contributed by atoms with Crippen molar-refractivity contribution >= 4 is 0 Å². The maximum Gasteiger partial charge on any atom is 0.157 e. The van der Waals surface area contributed by atoms with Crippen LogP contribution in [0.2, 0.25) is 0 Å². The lowest BCUT2D eigenvalue weighted by atomic mass is 10.1. The molecule has 16 heavy (non-hydrogen) atoms. The van der Waals surface area contributed by atoms with Crippen LogP contribution in [0, 0.1) is 0 Å². The molecule has 1 unspecified atom stereocenters. The van der Waals surface area contributed by atoms with Gasteiger partial charge in [-0.1, -0.05) is 6.42 Å². The summed E-state index contributed by atoms with van der Waals surface area (Å²) < 4.78 is 7.49. The maximum atomic E-state index is 5.69. The van der Waals surface area contributed by atoms with Crippen molar-refractivity contribution in [2.45, 2.75) is 31.8 Å². The van der Waals surface area contributed by atoms with Crippen LogP contribution in [0.25, 0.3) is 0 Å². The number of ether oxygens (including phenoxy) is 1. The Morgan fingerprint density at radius 1 is 1.56 bits per heavy atom. The summed E-state index contributed by atoms with van der Waals surface area (Å²) in [6, 6.07) is 0.492. The summed E-state index contributed by atoms with van der Waals surface area (Å²) >= 11 is 0. The van der Waals surface area contributed by atoms with Gasteiger partial charge in [-0.2, -0.15) is 5.10 Å². The van der Waals surface area contributed by atoms with Gasteiger partial charge in [-0.25, -0.2) is 0 Å². The molecular formula is C11H20N4O. The number of hydrogen-bond acceptors (Lipinski definition) is 4. The minimum absolute atomic E-state index is 0.492. The summed E-state index contributed by atoms with van der Waals surface area (Å²) in [5.74, 6) is 0.834. The molecule has 5 nitrogen and oxygen atoms in total. The highest BCUT2D eigenvalue weighted by molar-refractivity contribution is 5.11. The first-order chi connectivity index (χ1) is 7.88. The van der Waals surface area contributed by atoms with E-state index in [2.05, 4.69) is 10.4 Å². The van der Waals surface area contributed by atoms with E-state index in [0.717, 1.165) is 25.4 Å². The van der Waals surface area contributed by atoms with Crippen molar-refractivity contribution in [3.63, 3.8) is 0 Å². The Balaban J connectivity index is 1.75. The second-order valence-electron chi connectivity index (χ2n) is 4.19. The average Bonchev–Trinajstić information content (AvgIpc) is 2.76. The molecule has 1 aliphatic rings. The van der Waals surface area contributed by atoms with E-state index >= 15 is 0 Å². The van der Waals surface area contributed by atoms with Crippen molar-refractivity contribution in [2.24, 2.45) is 5.73 Å². The maximum absolute atomic E-state index is 5.69. The van der Waals surface area contributed by atoms with Crippen LogP contribution in [0.5, 0.6) is 5.75 Å². The van der Waals surface area contributed by atoms with Gasteiger partial charge < -0.3 is 15.8 Å². The predicted octanol–water partition coefficient (Wildman–Crippen LogP) is 0.363. The third-order valence-electron chi connectivity index (χ3n) is 2.83. The summed E-state index contributed by atoms with van der Waals surface area (Å²) in [5.41, 5.74) is 5.45. The highest BCUT2D eigenvalue weighted by atomic mass is 16.5. The van der Waals surface area contributed by atoms with Gasteiger partial charge in [0.2, 0.25) is 0 Å². The Kier molecular flexibility index (Phi) is 4.18. The fourth-order valence-electron chi connectivity index (χ4n) is 1.94. The molecule has 90 valence electrons. The summed E-state index contributed by atoms with van der Waals surface area (Å²) in [5, 5.41) is 7.61. The molecule has 3 N–H and O–H groups in total. The summed E-state index contributed by atoms with van der Waals surface area (Å²) in [6.07, 6.45) is 7.43.